The van der Waals surface area contributed by atoms with Crippen molar-refractivity contribution in [3.63, 3.8) is 0 Å². The van der Waals surface area contributed by atoms with Crippen molar-refractivity contribution in [1.29, 1.82) is 0 Å². The van der Waals surface area contributed by atoms with E-state index in [1.165, 1.54) is 12.1 Å². The Morgan fingerprint density at radius 2 is 1.50 bits per heavy atom. The molecule has 2 aromatic rings. The first-order valence-electron chi connectivity index (χ1n) is 7.85. The van der Waals surface area contributed by atoms with Crippen LogP contribution in [0.2, 0.25) is 0 Å². The molecule has 1 heterocycles. The zero-order chi connectivity index (χ0) is 19.1. The van der Waals surface area contributed by atoms with Gasteiger partial charge >= 0.3 is 6.18 Å². The molecule has 26 heavy (non-hydrogen) atoms. The molecule has 0 bridgehead atoms. The molecule has 0 spiro atoms. The molecule has 3 nitrogen and oxygen atoms in total. The summed E-state index contributed by atoms with van der Waals surface area (Å²) in [4.78, 5) is 13.1. The zero-order valence-electron chi connectivity index (χ0n) is 14.2. The molecule has 0 aliphatic carbocycles. The van der Waals surface area contributed by atoms with Gasteiger partial charge in [0.1, 0.15) is 0 Å². The molecule has 1 N–H and O–H groups in total. The Balaban J connectivity index is 2.28. The molecule has 0 aromatic heterocycles. The summed E-state index contributed by atoms with van der Waals surface area (Å²) in [6.45, 7) is 7.36. The van der Waals surface area contributed by atoms with Gasteiger partial charge in [0.25, 0.3) is 5.24 Å². The van der Waals surface area contributed by atoms with Crippen molar-refractivity contribution in [3.8, 4) is 0 Å². The number of benzene rings is 2. The van der Waals surface area contributed by atoms with E-state index in [-0.39, 0.29) is 10.6 Å². The van der Waals surface area contributed by atoms with E-state index in [2.05, 4.69) is 11.9 Å². The molecule has 1 fully saturated rings. The lowest BCUT2D eigenvalue weighted by Crippen LogP contribution is -2.67. The standard InChI is InChI=1S/C19H17F3N2OS/c1-12-4-8-15(9-5-12)18(19(20,21)22)23-17(25)26-14(3)24(18)16-10-6-13(2)7-11-16/h4-11H,3H2,1-2H3,(H,23,25)/t18-/m0/s1. The number of rotatable bonds is 2. The third kappa shape index (κ3) is 2.96. The molecule has 0 unspecified atom stereocenters. The minimum atomic E-state index is -4.78. The van der Waals surface area contributed by atoms with Crippen LogP contribution in [0.25, 0.3) is 0 Å². The van der Waals surface area contributed by atoms with Gasteiger partial charge in [-0.15, -0.1) is 0 Å². The molecule has 1 aliphatic rings. The Bertz CT molecular complexity index is 847. The molecular formula is C19H17F3N2OS. The van der Waals surface area contributed by atoms with Crippen LogP contribution < -0.4 is 10.2 Å². The smallest absolute Gasteiger partial charge is 0.312 e. The lowest BCUT2D eigenvalue weighted by atomic mass is 9.94. The van der Waals surface area contributed by atoms with Gasteiger partial charge < -0.3 is 10.2 Å². The van der Waals surface area contributed by atoms with E-state index >= 15 is 0 Å². The van der Waals surface area contributed by atoms with Gasteiger partial charge in [-0.3, -0.25) is 4.79 Å². The van der Waals surface area contributed by atoms with Crippen molar-refractivity contribution in [2.75, 3.05) is 4.90 Å². The predicted molar refractivity (Wildman–Crippen MR) is 97.8 cm³/mol. The zero-order valence-corrected chi connectivity index (χ0v) is 15.0. The number of carbonyl (C=O) groups excluding carboxylic acids is 1. The number of carbonyl (C=O) groups is 1. The van der Waals surface area contributed by atoms with Crippen molar-refractivity contribution in [3.05, 3.63) is 76.8 Å². The summed E-state index contributed by atoms with van der Waals surface area (Å²) >= 11 is 0.646. The van der Waals surface area contributed by atoms with Gasteiger partial charge in [0, 0.05) is 11.3 Å². The molecule has 0 radical (unpaired) electrons. The Labute approximate surface area is 153 Å². The molecule has 136 valence electrons. The second kappa shape index (κ2) is 6.39. The van der Waals surface area contributed by atoms with Gasteiger partial charge in [0.15, 0.2) is 0 Å². The lowest BCUT2D eigenvalue weighted by molar-refractivity contribution is -0.195. The summed E-state index contributed by atoms with van der Waals surface area (Å²) in [7, 11) is 0. The first-order chi connectivity index (χ1) is 12.1. The Morgan fingerprint density at radius 3 is 2.00 bits per heavy atom. The summed E-state index contributed by atoms with van der Waals surface area (Å²) in [6, 6.07) is 12.6. The number of nitrogens with zero attached hydrogens (tertiary/aromatic N) is 1. The van der Waals surface area contributed by atoms with E-state index in [1.54, 1.807) is 43.3 Å². The van der Waals surface area contributed by atoms with Gasteiger partial charge in [-0.25, -0.2) is 0 Å². The summed E-state index contributed by atoms with van der Waals surface area (Å²) in [5.41, 5.74) is -0.767. The van der Waals surface area contributed by atoms with Crippen molar-refractivity contribution >= 4 is 22.7 Å². The van der Waals surface area contributed by atoms with Crippen LogP contribution in [0.15, 0.2) is 60.1 Å². The molecular weight excluding hydrogens is 361 g/mol. The largest absolute Gasteiger partial charge is 0.435 e. The van der Waals surface area contributed by atoms with E-state index in [9.17, 15) is 18.0 Å². The topological polar surface area (TPSA) is 32.3 Å². The van der Waals surface area contributed by atoms with Crippen LogP contribution >= 0.6 is 11.8 Å². The average Bonchev–Trinajstić information content (AvgIpc) is 2.55. The van der Waals surface area contributed by atoms with Gasteiger partial charge in [-0.2, -0.15) is 13.2 Å². The van der Waals surface area contributed by atoms with Crippen LogP contribution in [0.1, 0.15) is 16.7 Å². The van der Waals surface area contributed by atoms with E-state index in [0.717, 1.165) is 16.0 Å². The molecule has 1 atom stereocenters. The molecule has 7 heteroatoms. The summed E-state index contributed by atoms with van der Waals surface area (Å²) < 4.78 is 43.3. The Kier molecular flexibility index (Phi) is 4.52. The summed E-state index contributed by atoms with van der Waals surface area (Å²) in [5.74, 6) is 0. The monoisotopic (exact) mass is 378 g/mol. The van der Waals surface area contributed by atoms with Crippen LogP contribution in [-0.4, -0.2) is 11.4 Å². The molecule has 0 saturated carbocycles. The third-order valence-electron chi connectivity index (χ3n) is 4.25. The van der Waals surface area contributed by atoms with Gasteiger partial charge in [0.2, 0.25) is 5.66 Å². The van der Waals surface area contributed by atoms with Gasteiger partial charge in [0.05, 0.1) is 5.03 Å². The normalized spacial score (nSPS) is 20.9. The number of nitrogens with one attached hydrogen (secondary N) is 1. The molecule has 1 amide bonds. The second-order valence-corrected chi connectivity index (χ2v) is 7.20. The van der Waals surface area contributed by atoms with Gasteiger partial charge in [-0.05, 0) is 37.7 Å². The summed E-state index contributed by atoms with van der Waals surface area (Å²) in [6.07, 6.45) is -4.78. The fourth-order valence-corrected chi connectivity index (χ4v) is 3.70. The number of alkyl halides is 3. The highest BCUT2D eigenvalue weighted by molar-refractivity contribution is 8.17. The van der Waals surface area contributed by atoms with Crippen LogP contribution in [0.5, 0.6) is 0 Å². The highest BCUT2D eigenvalue weighted by Crippen LogP contribution is 2.50. The minimum Gasteiger partial charge on any atom is -0.312 e. The van der Waals surface area contributed by atoms with E-state index in [0.29, 0.717) is 17.4 Å². The molecule has 2 aromatic carbocycles. The number of hydrogen-bond donors (Lipinski definition) is 1. The third-order valence-corrected chi connectivity index (χ3v) is 4.96. The molecule has 3 rings (SSSR count). The van der Waals surface area contributed by atoms with Crippen LogP contribution in [0.4, 0.5) is 23.7 Å². The highest BCUT2D eigenvalue weighted by atomic mass is 32.2. The fraction of sp³-hybridized carbons (Fsp3) is 0.211. The number of halogens is 3. The van der Waals surface area contributed by atoms with Crippen molar-refractivity contribution in [1.82, 2.24) is 5.32 Å². The number of anilines is 1. The SMILES string of the molecule is C=C1SC(=O)N[C@](c2ccc(C)cc2)(C(F)(F)F)N1c1ccc(C)cc1. The predicted octanol–water partition coefficient (Wildman–Crippen LogP) is 5.45. The number of aryl methyl sites for hydroxylation is 2. The lowest BCUT2D eigenvalue weighted by Gasteiger charge is -2.49. The molecule has 1 saturated heterocycles. The van der Waals surface area contributed by atoms with Crippen LogP contribution in [0.3, 0.4) is 0 Å². The van der Waals surface area contributed by atoms with E-state index in [1.807, 2.05) is 6.92 Å². The second-order valence-electron chi connectivity index (χ2n) is 6.15. The quantitative estimate of drug-likeness (QED) is 0.754. The Hall–Kier alpha value is -2.41. The first kappa shape index (κ1) is 18.4. The maximum Gasteiger partial charge on any atom is 0.435 e. The van der Waals surface area contributed by atoms with E-state index in [4.69, 9.17) is 0 Å². The fourth-order valence-electron chi connectivity index (χ4n) is 2.96. The number of hydrogen-bond acceptors (Lipinski definition) is 3. The maximum absolute atomic E-state index is 14.4. The van der Waals surface area contributed by atoms with Crippen molar-refractivity contribution in [2.45, 2.75) is 25.7 Å². The molecule has 1 aliphatic heterocycles. The minimum absolute atomic E-state index is 0.00973. The maximum atomic E-state index is 14.4. The van der Waals surface area contributed by atoms with Crippen LogP contribution in [0, 0.1) is 13.8 Å². The van der Waals surface area contributed by atoms with Crippen LogP contribution in [-0.2, 0) is 5.66 Å². The number of thioether (sulfide) groups is 1. The first-order valence-corrected chi connectivity index (χ1v) is 8.66. The summed E-state index contributed by atoms with van der Waals surface area (Å²) in [5, 5.41) is 1.38. The highest BCUT2D eigenvalue weighted by Gasteiger charge is 2.64. The van der Waals surface area contributed by atoms with Crippen molar-refractivity contribution < 1.29 is 18.0 Å². The number of amides is 1. The van der Waals surface area contributed by atoms with Gasteiger partial charge in [-0.1, -0.05) is 54.1 Å². The average molecular weight is 378 g/mol. The van der Waals surface area contributed by atoms with Crippen molar-refractivity contribution in [2.24, 2.45) is 0 Å². The van der Waals surface area contributed by atoms with E-state index < -0.39 is 17.1 Å². The Morgan fingerprint density at radius 1 is 1.00 bits per heavy atom.